The molecule has 0 fully saturated rings. The number of carbonyl (C=O) groups is 2. The number of nitrogens with one attached hydrogen (secondary N) is 1. The summed E-state index contributed by atoms with van der Waals surface area (Å²) in [6.07, 6.45) is 0. The number of rotatable bonds is 8. The van der Waals surface area contributed by atoms with E-state index in [0.29, 0.717) is 35.7 Å². The Labute approximate surface area is 218 Å². The molecule has 1 N–H and O–H groups in total. The minimum atomic E-state index is -0.398. The highest BCUT2D eigenvalue weighted by atomic mass is 79.9. The zero-order valence-corrected chi connectivity index (χ0v) is 21.8. The average molecular weight is 548 g/mol. The summed E-state index contributed by atoms with van der Waals surface area (Å²) in [6.45, 7) is 4.45. The first kappa shape index (κ1) is 25.2. The van der Waals surface area contributed by atoms with Crippen LogP contribution in [0.4, 0.5) is 5.69 Å². The molecule has 3 aromatic carbocycles. The van der Waals surface area contributed by atoms with Gasteiger partial charge in [-0.3, -0.25) is 9.48 Å². The van der Waals surface area contributed by atoms with Crippen LogP contribution in [0, 0.1) is 13.8 Å². The molecule has 0 atom stereocenters. The van der Waals surface area contributed by atoms with Crippen LogP contribution in [0.1, 0.15) is 43.2 Å². The lowest BCUT2D eigenvalue weighted by Crippen LogP contribution is -2.14. The Morgan fingerprint density at radius 2 is 1.75 bits per heavy atom. The van der Waals surface area contributed by atoms with Crippen LogP contribution >= 0.6 is 15.9 Å². The maximum absolute atomic E-state index is 13.1. The molecular weight excluding hydrogens is 522 g/mol. The zero-order valence-electron chi connectivity index (χ0n) is 20.2. The molecule has 0 spiro atoms. The summed E-state index contributed by atoms with van der Waals surface area (Å²) in [4.78, 5) is 25.2. The molecule has 8 heteroatoms. The normalized spacial score (nSPS) is 10.7. The number of aryl methyl sites for hydroxylation is 1. The van der Waals surface area contributed by atoms with Crippen LogP contribution in [-0.4, -0.2) is 28.8 Å². The fourth-order valence-corrected chi connectivity index (χ4v) is 4.11. The van der Waals surface area contributed by atoms with Crippen molar-refractivity contribution in [3.63, 3.8) is 0 Å². The van der Waals surface area contributed by atoms with Gasteiger partial charge in [0.05, 0.1) is 36.3 Å². The Bertz CT molecular complexity index is 1400. The molecule has 0 aliphatic carbocycles. The minimum Gasteiger partial charge on any atom is -0.489 e. The van der Waals surface area contributed by atoms with E-state index in [0.717, 1.165) is 27.0 Å². The van der Waals surface area contributed by atoms with E-state index in [1.54, 1.807) is 22.9 Å². The van der Waals surface area contributed by atoms with E-state index in [1.807, 2.05) is 68.4 Å². The van der Waals surface area contributed by atoms with Crippen molar-refractivity contribution in [2.45, 2.75) is 27.0 Å². The highest BCUT2D eigenvalue weighted by Gasteiger charge is 2.18. The van der Waals surface area contributed by atoms with Gasteiger partial charge >= 0.3 is 5.97 Å². The number of methoxy groups -OCH3 is 1. The smallest absolute Gasteiger partial charge is 0.338 e. The van der Waals surface area contributed by atoms with Gasteiger partial charge in [0, 0.05) is 10.0 Å². The van der Waals surface area contributed by atoms with Crippen molar-refractivity contribution >= 4 is 33.5 Å². The number of hydrogen-bond donors (Lipinski definition) is 1. The molecular formula is C28H26BrN3O4. The molecule has 4 rings (SSSR count). The molecule has 0 unspecified atom stereocenters. The van der Waals surface area contributed by atoms with Crippen LogP contribution in [0.25, 0.3) is 0 Å². The SMILES string of the molecule is COC(=O)c1ccccc1Cn1nc(C)c(NC(=O)c2cccc(COc3ccc(Br)cc3)c2)c1C. The van der Waals surface area contributed by atoms with Gasteiger partial charge in [0.25, 0.3) is 5.91 Å². The lowest BCUT2D eigenvalue weighted by atomic mass is 10.1. The molecule has 4 aromatic rings. The third-order valence-electron chi connectivity index (χ3n) is 5.77. The Morgan fingerprint density at radius 1 is 1.00 bits per heavy atom. The molecule has 0 saturated carbocycles. The van der Waals surface area contributed by atoms with Gasteiger partial charge < -0.3 is 14.8 Å². The van der Waals surface area contributed by atoms with Gasteiger partial charge in [-0.2, -0.15) is 5.10 Å². The molecule has 1 aromatic heterocycles. The van der Waals surface area contributed by atoms with Crippen molar-refractivity contribution in [3.05, 3.63) is 111 Å². The minimum absolute atomic E-state index is 0.235. The number of nitrogens with zero attached hydrogens (tertiary/aromatic N) is 2. The summed E-state index contributed by atoms with van der Waals surface area (Å²) in [5, 5.41) is 7.59. The van der Waals surface area contributed by atoms with Gasteiger partial charge in [-0.05, 0) is 67.4 Å². The Balaban J connectivity index is 1.48. The van der Waals surface area contributed by atoms with Gasteiger partial charge in [0.1, 0.15) is 12.4 Å². The molecule has 0 bridgehead atoms. The molecule has 184 valence electrons. The van der Waals surface area contributed by atoms with Crippen molar-refractivity contribution in [1.82, 2.24) is 9.78 Å². The van der Waals surface area contributed by atoms with Crippen molar-refractivity contribution in [3.8, 4) is 5.75 Å². The highest BCUT2D eigenvalue weighted by Crippen LogP contribution is 2.23. The quantitative estimate of drug-likeness (QED) is 0.276. The Hall–Kier alpha value is -3.91. The number of amides is 1. The van der Waals surface area contributed by atoms with Crippen molar-refractivity contribution in [2.75, 3.05) is 12.4 Å². The number of hydrogen-bond acceptors (Lipinski definition) is 5. The molecule has 0 aliphatic heterocycles. The fourth-order valence-electron chi connectivity index (χ4n) is 3.85. The van der Waals surface area contributed by atoms with Crippen LogP contribution in [0.2, 0.25) is 0 Å². The van der Waals surface area contributed by atoms with Crippen LogP contribution in [0.5, 0.6) is 5.75 Å². The van der Waals surface area contributed by atoms with Crippen LogP contribution < -0.4 is 10.1 Å². The molecule has 0 radical (unpaired) electrons. The predicted octanol–water partition coefficient (Wildman–Crippen LogP) is 5.93. The first-order valence-electron chi connectivity index (χ1n) is 11.3. The number of halogens is 1. The Kier molecular flexibility index (Phi) is 7.85. The topological polar surface area (TPSA) is 82.5 Å². The summed E-state index contributed by atoms with van der Waals surface area (Å²) < 4.78 is 13.5. The molecule has 1 amide bonds. The third-order valence-corrected chi connectivity index (χ3v) is 6.30. The number of carbonyl (C=O) groups excluding carboxylic acids is 2. The fraction of sp³-hybridized carbons (Fsp3) is 0.179. The molecule has 7 nitrogen and oxygen atoms in total. The number of anilines is 1. The second kappa shape index (κ2) is 11.2. The van der Waals surface area contributed by atoms with E-state index in [4.69, 9.17) is 9.47 Å². The van der Waals surface area contributed by atoms with Gasteiger partial charge in [-0.25, -0.2) is 4.79 Å². The van der Waals surface area contributed by atoms with Crippen molar-refractivity contribution < 1.29 is 19.1 Å². The summed E-state index contributed by atoms with van der Waals surface area (Å²) in [7, 11) is 1.36. The molecule has 36 heavy (non-hydrogen) atoms. The summed E-state index contributed by atoms with van der Waals surface area (Å²) >= 11 is 3.41. The number of aromatic nitrogens is 2. The molecule has 0 saturated heterocycles. The molecule has 1 heterocycles. The summed E-state index contributed by atoms with van der Waals surface area (Å²) in [6, 6.07) is 22.2. The van der Waals surface area contributed by atoms with E-state index >= 15 is 0 Å². The first-order chi connectivity index (χ1) is 17.4. The third kappa shape index (κ3) is 5.83. The standard InChI is InChI=1S/C28H26BrN3O4/c1-18-26(19(2)32(31-18)16-22-8-4-5-10-25(22)28(34)35-3)30-27(33)21-9-6-7-20(15-21)17-36-24-13-11-23(29)12-14-24/h4-15H,16-17H2,1-3H3,(H,30,33). The second-order valence-electron chi connectivity index (χ2n) is 8.25. The highest BCUT2D eigenvalue weighted by molar-refractivity contribution is 9.10. The van der Waals surface area contributed by atoms with Crippen molar-refractivity contribution in [2.24, 2.45) is 0 Å². The van der Waals surface area contributed by atoms with Gasteiger partial charge in [0.15, 0.2) is 0 Å². The largest absolute Gasteiger partial charge is 0.489 e. The van der Waals surface area contributed by atoms with Crippen LogP contribution in [0.3, 0.4) is 0 Å². The second-order valence-corrected chi connectivity index (χ2v) is 9.16. The number of esters is 1. The van der Waals surface area contributed by atoms with Gasteiger partial charge in [-0.15, -0.1) is 0 Å². The van der Waals surface area contributed by atoms with Crippen LogP contribution in [-0.2, 0) is 17.9 Å². The summed E-state index contributed by atoms with van der Waals surface area (Å²) in [5.74, 6) is 0.117. The van der Waals surface area contributed by atoms with Gasteiger partial charge in [-0.1, -0.05) is 46.3 Å². The zero-order chi connectivity index (χ0) is 25.7. The van der Waals surface area contributed by atoms with Crippen molar-refractivity contribution in [1.29, 1.82) is 0 Å². The van der Waals surface area contributed by atoms with E-state index in [2.05, 4.69) is 26.3 Å². The first-order valence-corrected chi connectivity index (χ1v) is 12.1. The van der Waals surface area contributed by atoms with Gasteiger partial charge in [0.2, 0.25) is 0 Å². The lowest BCUT2D eigenvalue weighted by molar-refractivity contribution is 0.0599. The number of ether oxygens (including phenoxy) is 2. The lowest BCUT2D eigenvalue weighted by Gasteiger charge is -2.11. The van der Waals surface area contributed by atoms with E-state index in [1.165, 1.54) is 7.11 Å². The average Bonchev–Trinajstić information content (AvgIpc) is 3.15. The Morgan fingerprint density at radius 3 is 2.50 bits per heavy atom. The predicted molar refractivity (Wildman–Crippen MR) is 141 cm³/mol. The number of benzene rings is 3. The monoisotopic (exact) mass is 547 g/mol. The van der Waals surface area contributed by atoms with E-state index in [9.17, 15) is 9.59 Å². The summed E-state index contributed by atoms with van der Waals surface area (Å²) in [5.41, 5.74) is 4.80. The van der Waals surface area contributed by atoms with E-state index < -0.39 is 5.97 Å². The maximum Gasteiger partial charge on any atom is 0.338 e. The maximum atomic E-state index is 13.1. The van der Waals surface area contributed by atoms with Crippen LogP contribution in [0.15, 0.2) is 77.3 Å². The van der Waals surface area contributed by atoms with E-state index in [-0.39, 0.29) is 5.91 Å². The molecule has 0 aliphatic rings.